The average Bonchev–Trinajstić information content (AvgIpc) is 3.13. The van der Waals surface area contributed by atoms with E-state index in [9.17, 15) is 14.4 Å². The molecule has 1 amide bonds. The molecule has 29 heavy (non-hydrogen) atoms. The zero-order valence-electron chi connectivity index (χ0n) is 16.9. The zero-order chi connectivity index (χ0) is 20.3. The molecule has 0 aliphatic carbocycles. The number of amides is 1. The molecule has 7 heteroatoms. The molecule has 0 aromatic heterocycles. The summed E-state index contributed by atoms with van der Waals surface area (Å²) in [4.78, 5) is 45.6. The summed E-state index contributed by atoms with van der Waals surface area (Å²) in [5.41, 5.74) is 1.09. The van der Waals surface area contributed by atoms with Crippen LogP contribution in [0.2, 0.25) is 0 Å². The van der Waals surface area contributed by atoms with E-state index < -0.39 is 17.8 Å². The average molecular weight is 397 g/mol. The molecule has 0 radical (unpaired) electrons. The number of nitrogens with one attached hydrogen (secondary N) is 1. The van der Waals surface area contributed by atoms with Gasteiger partial charge in [-0.3, -0.25) is 19.2 Å². The maximum atomic E-state index is 12.5. The van der Waals surface area contributed by atoms with Crippen molar-refractivity contribution in [1.82, 2.24) is 9.96 Å². The Balaban J connectivity index is 1.58. The molecule has 0 saturated carbocycles. The monoisotopic (exact) mass is 397 g/mol. The van der Waals surface area contributed by atoms with Crippen molar-refractivity contribution in [2.45, 2.75) is 82.3 Å². The second kappa shape index (κ2) is 6.64. The van der Waals surface area contributed by atoms with E-state index in [1.165, 1.54) is 13.8 Å². The van der Waals surface area contributed by atoms with Gasteiger partial charge in [0.1, 0.15) is 11.9 Å². The van der Waals surface area contributed by atoms with E-state index in [0.717, 1.165) is 30.5 Å². The summed E-state index contributed by atoms with van der Waals surface area (Å²) in [5.74, 6) is 0.123. The van der Waals surface area contributed by atoms with Gasteiger partial charge in [-0.25, -0.2) is 0 Å². The molecule has 4 aliphatic heterocycles. The molecule has 7 nitrogen and oxygen atoms in total. The Labute approximate surface area is 170 Å². The van der Waals surface area contributed by atoms with Crippen molar-refractivity contribution in [1.29, 1.82) is 0 Å². The molecule has 5 rings (SSSR count). The minimum Gasteiger partial charge on any atom is -0.362 e. The second-order valence-corrected chi connectivity index (χ2v) is 8.88. The molecule has 5 unspecified atom stereocenters. The highest BCUT2D eigenvalue weighted by atomic mass is 16.7. The smallest absolute Gasteiger partial charge is 0.221 e. The number of anilines is 1. The number of hydroxylamine groups is 2. The van der Waals surface area contributed by atoms with Gasteiger partial charge in [-0.1, -0.05) is 24.6 Å². The SMILES string of the molecule is CC(=O)C1CC2(ON3C4CCCC3CC(=O)C4)c3ccccc3NC2N1C(C)=O. The van der Waals surface area contributed by atoms with Crippen LogP contribution in [0, 0.1) is 0 Å². The number of hydrogen-bond acceptors (Lipinski definition) is 6. The number of ketones is 2. The number of Topliss-reactive ketones (excluding diaryl/α,β-unsaturated/α-hetero) is 2. The van der Waals surface area contributed by atoms with Gasteiger partial charge in [-0.05, 0) is 25.8 Å². The maximum Gasteiger partial charge on any atom is 0.221 e. The van der Waals surface area contributed by atoms with Gasteiger partial charge in [-0.2, -0.15) is 5.06 Å². The third-order valence-electron chi connectivity index (χ3n) is 7.05. The van der Waals surface area contributed by atoms with Crippen molar-refractivity contribution in [2.24, 2.45) is 0 Å². The van der Waals surface area contributed by atoms with Crippen LogP contribution in [0.1, 0.15) is 57.9 Å². The van der Waals surface area contributed by atoms with E-state index >= 15 is 0 Å². The largest absolute Gasteiger partial charge is 0.362 e. The van der Waals surface area contributed by atoms with Crippen LogP contribution in [0.4, 0.5) is 5.69 Å². The van der Waals surface area contributed by atoms with Crippen molar-refractivity contribution in [3.8, 4) is 0 Å². The van der Waals surface area contributed by atoms with Crippen LogP contribution >= 0.6 is 0 Å². The molecule has 1 N–H and O–H groups in total. The Morgan fingerprint density at radius 3 is 2.48 bits per heavy atom. The molecule has 5 atom stereocenters. The van der Waals surface area contributed by atoms with Gasteiger partial charge in [-0.15, -0.1) is 0 Å². The lowest BCUT2D eigenvalue weighted by Gasteiger charge is -2.48. The van der Waals surface area contributed by atoms with E-state index in [-0.39, 0.29) is 23.8 Å². The van der Waals surface area contributed by atoms with Crippen molar-refractivity contribution >= 4 is 23.2 Å². The quantitative estimate of drug-likeness (QED) is 0.844. The molecule has 2 bridgehead atoms. The normalized spacial score (nSPS) is 35.8. The van der Waals surface area contributed by atoms with Gasteiger partial charge in [0.25, 0.3) is 0 Å². The first kappa shape index (κ1) is 18.8. The first-order valence-electron chi connectivity index (χ1n) is 10.6. The van der Waals surface area contributed by atoms with Crippen LogP contribution in [-0.2, 0) is 24.8 Å². The minimum atomic E-state index is -0.827. The molecule has 3 fully saturated rings. The number of hydrogen-bond donors (Lipinski definition) is 1. The highest BCUT2D eigenvalue weighted by Gasteiger charge is 2.62. The van der Waals surface area contributed by atoms with Crippen LogP contribution in [0.25, 0.3) is 0 Å². The Bertz CT molecular complexity index is 871. The van der Waals surface area contributed by atoms with Crippen molar-refractivity contribution in [3.05, 3.63) is 29.8 Å². The number of likely N-dealkylation sites (tertiary alicyclic amines) is 1. The summed E-state index contributed by atoms with van der Waals surface area (Å²) >= 11 is 0. The molecule has 3 saturated heterocycles. The number of carbonyl (C=O) groups excluding carboxylic acids is 3. The van der Waals surface area contributed by atoms with Gasteiger partial charge < -0.3 is 10.2 Å². The molecule has 1 aromatic carbocycles. The molecule has 154 valence electrons. The fraction of sp³-hybridized carbons (Fsp3) is 0.591. The minimum absolute atomic E-state index is 0.0362. The van der Waals surface area contributed by atoms with Gasteiger partial charge >= 0.3 is 0 Å². The van der Waals surface area contributed by atoms with E-state index in [1.807, 2.05) is 29.3 Å². The van der Waals surface area contributed by atoms with Crippen LogP contribution in [0.5, 0.6) is 0 Å². The number of benzene rings is 1. The highest BCUT2D eigenvalue weighted by molar-refractivity contribution is 5.89. The van der Waals surface area contributed by atoms with Gasteiger partial charge in [0.2, 0.25) is 5.91 Å². The molecule has 0 spiro atoms. The van der Waals surface area contributed by atoms with Crippen molar-refractivity contribution in [2.75, 3.05) is 5.32 Å². The molecule has 4 heterocycles. The number of fused-ring (bicyclic) bond motifs is 5. The van der Waals surface area contributed by atoms with Crippen LogP contribution in [0.15, 0.2) is 24.3 Å². The summed E-state index contributed by atoms with van der Waals surface area (Å²) in [7, 11) is 0. The number of para-hydroxylation sites is 1. The Morgan fingerprint density at radius 1 is 1.14 bits per heavy atom. The summed E-state index contributed by atoms with van der Waals surface area (Å²) in [6, 6.07) is 7.54. The van der Waals surface area contributed by atoms with E-state index in [1.54, 1.807) is 4.90 Å². The topological polar surface area (TPSA) is 79.0 Å². The molecule has 1 aromatic rings. The Hall–Kier alpha value is -2.25. The molecular formula is C22H27N3O4. The number of nitrogens with zero attached hydrogens (tertiary/aromatic N) is 2. The van der Waals surface area contributed by atoms with E-state index in [2.05, 4.69) is 5.32 Å². The Morgan fingerprint density at radius 2 is 1.83 bits per heavy atom. The van der Waals surface area contributed by atoms with E-state index in [4.69, 9.17) is 4.84 Å². The third kappa shape index (κ3) is 2.74. The third-order valence-corrected chi connectivity index (χ3v) is 7.05. The molecular weight excluding hydrogens is 370 g/mol. The van der Waals surface area contributed by atoms with Gasteiger partial charge in [0.05, 0.1) is 6.04 Å². The highest BCUT2D eigenvalue weighted by Crippen LogP contribution is 2.53. The number of rotatable bonds is 3. The fourth-order valence-electron chi connectivity index (χ4n) is 5.82. The summed E-state index contributed by atoms with van der Waals surface area (Å²) in [5, 5.41) is 5.50. The fourth-order valence-corrected chi connectivity index (χ4v) is 5.82. The van der Waals surface area contributed by atoms with Crippen LogP contribution < -0.4 is 5.32 Å². The summed E-state index contributed by atoms with van der Waals surface area (Å²) < 4.78 is 0. The number of carbonyl (C=O) groups is 3. The summed E-state index contributed by atoms with van der Waals surface area (Å²) in [6.07, 6.45) is 3.97. The molecule has 4 aliphatic rings. The number of piperidine rings is 2. The van der Waals surface area contributed by atoms with Gasteiger partial charge in [0, 0.05) is 49.5 Å². The lowest BCUT2D eigenvalue weighted by atomic mass is 9.85. The van der Waals surface area contributed by atoms with Crippen LogP contribution in [0.3, 0.4) is 0 Å². The summed E-state index contributed by atoms with van der Waals surface area (Å²) in [6.45, 7) is 3.04. The van der Waals surface area contributed by atoms with Gasteiger partial charge in [0.15, 0.2) is 11.4 Å². The lowest BCUT2D eigenvalue weighted by Crippen LogP contribution is -2.57. The maximum absolute atomic E-state index is 12.5. The standard InChI is InChI=1S/C22H27N3O4/c1-13(26)20-12-22(29-25-15-6-5-7-16(25)11-17(28)10-15)18-8-3-4-9-19(18)23-21(22)24(20)14(2)27/h3-4,8-9,15-16,20-21,23H,5-7,10-12H2,1-2H3. The first-order valence-corrected chi connectivity index (χ1v) is 10.6. The predicted octanol–water partition coefficient (Wildman–Crippen LogP) is 2.36. The zero-order valence-corrected chi connectivity index (χ0v) is 16.9. The first-order chi connectivity index (χ1) is 13.9. The predicted molar refractivity (Wildman–Crippen MR) is 106 cm³/mol. The van der Waals surface area contributed by atoms with Crippen molar-refractivity contribution in [3.63, 3.8) is 0 Å². The Kier molecular flexibility index (Phi) is 4.29. The lowest BCUT2D eigenvalue weighted by molar-refractivity contribution is -0.306. The van der Waals surface area contributed by atoms with Crippen LogP contribution in [-0.4, -0.2) is 51.7 Å². The van der Waals surface area contributed by atoms with Crippen molar-refractivity contribution < 1.29 is 19.2 Å². The second-order valence-electron chi connectivity index (χ2n) is 8.88. The van der Waals surface area contributed by atoms with E-state index in [0.29, 0.717) is 25.0 Å².